The van der Waals surface area contributed by atoms with E-state index in [0.717, 1.165) is 13.0 Å². The number of anilines is 1. The van der Waals surface area contributed by atoms with Crippen LogP contribution >= 0.6 is 0 Å². The van der Waals surface area contributed by atoms with E-state index in [1.54, 1.807) is 24.4 Å². The molecule has 0 amide bonds. The van der Waals surface area contributed by atoms with Gasteiger partial charge in [-0.05, 0) is 39.2 Å². The Kier molecular flexibility index (Phi) is 4.26. The van der Waals surface area contributed by atoms with Crippen molar-refractivity contribution in [3.8, 4) is 0 Å². The van der Waals surface area contributed by atoms with E-state index >= 15 is 0 Å². The number of nitrogens with one attached hydrogen (secondary N) is 1. The number of hydrogen-bond donors (Lipinski definition) is 2. The first-order chi connectivity index (χ1) is 9.42. The minimum atomic E-state index is -3.67. The molecule has 2 rings (SSSR count). The number of fused-ring (bicyclic) bond motifs is 1. The Morgan fingerprint density at radius 1 is 1.40 bits per heavy atom. The summed E-state index contributed by atoms with van der Waals surface area (Å²) in [4.78, 5) is 6.05. The van der Waals surface area contributed by atoms with Gasteiger partial charge in [-0.15, -0.1) is 0 Å². The van der Waals surface area contributed by atoms with Crippen LogP contribution in [-0.4, -0.2) is 49.9 Å². The molecule has 0 radical (unpaired) electrons. The van der Waals surface area contributed by atoms with Crippen molar-refractivity contribution in [2.45, 2.75) is 11.4 Å². The predicted molar refractivity (Wildman–Crippen MR) is 78.0 cm³/mol. The van der Waals surface area contributed by atoms with E-state index in [1.165, 1.54) is 4.40 Å². The van der Waals surface area contributed by atoms with Crippen molar-refractivity contribution in [2.75, 3.05) is 32.9 Å². The summed E-state index contributed by atoms with van der Waals surface area (Å²) < 4.78 is 28.6. The van der Waals surface area contributed by atoms with E-state index in [-0.39, 0.29) is 10.8 Å². The SMILES string of the molecule is CN(C)CCCNS(=O)(=O)c1c(N)nc2ccccn12. The van der Waals surface area contributed by atoms with E-state index in [0.29, 0.717) is 12.2 Å². The Balaban J connectivity index is 2.21. The number of imidazole rings is 1. The largest absolute Gasteiger partial charge is 0.381 e. The van der Waals surface area contributed by atoms with Crippen molar-refractivity contribution in [1.29, 1.82) is 0 Å². The third-order valence-corrected chi connectivity index (χ3v) is 4.34. The van der Waals surface area contributed by atoms with Crippen LogP contribution in [-0.2, 0) is 10.0 Å². The smallest absolute Gasteiger partial charge is 0.260 e. The van der Waals surface area contributed by atoms with Crippen LogP contribution in [0.2, 0.25) is 0 Å². The normalized spacial score (nSPS) is 12.3. The Morgan fingerprint density at radius 2 is 2.15 bits per heavy atom. The lowest BCUT2D eigenvalue weighted by Gasteiger charge is -2.10. The summed E-state index contributed by atoms with van der Waals surface area (Å²) in [5.41, 5.74) is 6.25. The molecular formula is C12H19N5O2S. The van der Waals surface area contributed by atoms with Crippen molar-refractivity contribution in [1.82, 2.24) is 19.0 Å². The van der Waals surface area contributed by atoms with Gasteiger partial charge in [-0.3, -0.25) is 4.40 Å². The molecule has 0 fully saturated rings. The number of nitrogen functional groups attached to an aromatic ring is 1. The summed E-state index contributed by atoms with van der Waals surface area (Å²) in [6.07, 6.45) is 2.36. The number of nitrogens with zero attached hydrogens (tertiary/aromatic N) is 3. The molecule has 0 bridgehead atoms. The van der Waals surface area contributed by atoms with E-state index in [4.69, 9.17) is 5.73 Å². The molecule has 0 aliphatic heterocycles. The van der Waals surface area contributed by atoms with Crippen LogP contribution in [0, 0.1) is 0 Å². The van der Waals surface area contributed by atoms with E-state index in [9.17, 15) is 8.42 Å². The van der Waals surface area contributed by atoms with Gasteiger partial charge >= 0.3 is 0 Å². The van der Waals surface area contributed by atoms with Gasteiger partial charge in [0.05, 0.1) is 0 Å². The van der Waals surface area contributed by atoms with Gasteiger partial charge in [-0.25, -0.2) is 18.1 Å². The third kappa shape index (κ3) is 3.09. The fourth-order valence-corrected chi connectivity index (χ4v) is 3.21. The topological polar surface area (TPSA) is 92.7 Å². The predicted octanol–water partition coefficient (Wildman–Crippen LogP) is 0.147. The molecular weight excluding hydrogens is 278 g/mol. The summed E-state index contributed by atoms with van der Waals surface area (Å²) in [6, 6.07) is 5.23. The molecule has 0 aliphatic rings. The molecule has 0 atom stereocenters. The van der Waals surface area contributed by atoms with Crippen LogP contribution in [0.25, 0.3) is 5.65 Å². The van der Waals surface area contributed by atoms with Crippen LogP contribution in [0.1, 0.15) is 6.42 Å². The molecule has 0 unspecified atom stereocenters. The first-order valence-corrected chi connectivity index (χ1v) is 7.77. The van der Waals surface area contributed by atoms with Gasteiger partial charge in [-0.1, -0.05) is 6.07 Å². The van der Waals surface area contributed by atoms with E-state index in [2.05, 4.69) is 9.71 Å². The highest BCUT2D eigenvalue weighted by atomic mass is 32.2. The molecule has 7 nitrogen and oxygen atoms in total. The first-order valence-electron chi connectivity index (χ1n) is 6.29. The van der Waals surface area contributed by atoms with Crippen LogP contribution < -0.4 is 10.5 Å². The van der Waals surface area contributed by atoms with Crippen LogP contribution in [0.4, 0.5) is 5.82 Å². The highest BCUT2D eigenvalue weighted by Gasteiger charge is 2.23. The number of aromatic nitrogens is 2. The lowest BCUT2D eigenvalue weighted by Crippen LogP contribution is -2.28. The Bertz CT molecular complexity index is 693. The van der Waals surface area contributed by atoms with Gasteiger partial charge in [0.15, 0.2) is 10.8 Å². The maximum absolute atomic E-state index is 12.3. The number of rotatable bonds is 6. The quantitative estimate of drug-likeness (QED) is 0.740. The second kappa shape index (κ2) is 5.78. The van der Waals surface area contributed by atoms with Gasteiger partial charge < -0.3 is 10.6 Å². The number of hydrogen-bond acceptors (Lipinski definition) is 5. The second-order valence-electron chi connectivity index (χ2n) is 4.79. The van der Waals surface area contributed by atoms with Gasteiger partial charge in [0.1, 0.15) is 5.65 Å². The standard InChI is InChI=1S/C12H19N5O2S/c1-16(2)8-5-7-14-20(18,19)12-11(13)15-10-6-3-4-9-17(10)12/h3-4,6,9,14H,5,7-8,13H2,1-2H3. The molecule has 0 aliphatic carbocycles. The van der Waals surface area contributed by atoms with Crippen molar-refractivity contribution in [3.63, 3.8) is 0 Å². The fraction of sp³-hybridized carbons (Fsp3) is 0.417. The lowest BCUT2D eigenvalue weighted by atomic mass is 10.4. The van der Waals surface area contributed by atoms with Crippen molar-refractivity contribution in [2.24, 2.45) is 0 Å². The first kappa shape index (κ1) is 14.8. The molecule has 2 heterocycles. The van der Waals surface area contributed by atoms with Gasteiger partial charge in [-0.2, -0.15) is 0 Å². The summed E-state index contributed by atoms with van der Waals surface area (Å²) >= 11 is 0. The highest BCUT2D eigenvalue weighted by molar-refractivity contribution is 7.89. The fourth-order valence-electron chi connectivity index (χ4n) is 1.93. The summed E-state index contributed by atoms with van der Waals surface area (Å²) in [5.74, 6) is 0.0105. The minimum Gasteiger partial charge on any atom is -0.381 e. The highest BCUT2D eigenvalue weighted by Crippen LogP contribution is 2.19. The van der Waals surface area contributed by atoms with Crippen molar-refractivity contribution >= 4 is 21.5 Å². The Labute approximate surface area is 118 Å². The van der Waals surface area contributed by atoms with Gasteiger partial charge in [0.2, 0.25) is 0 Å². The summed E-state index contributed by atoms with van der Waals surface area (Å²) in [6.45, 7) is 1.17. The minimum absolute atomic E-state index is 0.00190. The van der Waals surface area contributed by atoms with Crippen molar-refractivity contribution < 1.29 is 8.42 Å². The van der Waals surface area contributed by atoms with Crippen molar-refractivity contribution in [3.05, 3.63) is 24.4 Å². The average molecular weight is 297 g/mol. The number of sulfonamides is 1. The molecule has 3 N–H and O–H groups in total. The second-order valence-corrected chi connectivity index (χ2v) is 6.47. The molecule has 0 saturated heterocycles. The molecule has 0 saturated carbocycles. The third-order valence-electron chi connectivity index (χ3n) is 2.84. The zero-order valence-corrected chi connectivity index (χ0v) is 12.4. The van der Waals surface area contributed by atoms with E-state index in [1.807, 2.05) is 19.0 Å². The maximum Gasteiger partial charge on any atom is 0.260 e. The van der Waals surface area contributed by atoms with Gasteiger partial charge in [0, 0.05) is 12.7 Å². The number of nitrogens with two attached hydrogens (primary N) is 1. The molecule has 110 valence electrons. The summed E-state index contributed by atoms with van der Waals surface area (Å²) in [5, 5.41) is -0.00190. The monoisotopic (exact) mass is 297 g/mol. The van der Waals surface area contributed by atoms with Gasteiger partial charge in [0.25, 0.3) is 10.0 Å². The molecule has 2 aromatic heterocycles. The van der Waals surface area contributed by atoms with E-state index < -0.39 is 10.0 Å². The lowest BCUT2D eigenvalue weighted by molar-refractivity contribution is 0.400. The zero-order valence-electron chi connectivity index (χ0n) is 11.6. The molecule has 8 heteroatoms. The Hall–Kier alpha value is -1.64. The van der Waals surface area contributed by atoms with Crippen LogP contribution in [0.3, 0.4) is 0 Å². The zero-order chi connectivity index (χ0) is 14.8. The Morgan fingerprint density at radius 3 is 2.85 bits per heavy atom. The maximum atomic E-state index is 12.3. The molecule has 0 aromatic carbocycles. The molecule has 2 aromatic rings. The summed E-state index contributed by atoms with van der Waals surface area (Å²) in [7, 11) is 0.218. The van der Waals surface area contributed by atoms with Crippen LogP contribution in [0.5, 0.6) is 0 Å². The molecule has 20 heavy (non-hydrogen) atoms. The molecule has 0 spiro atoms. The number of pyridine rings is 1. The average Bonchev–Trinajstić information content (AvgIpc) is 2.71. The van der Waals surface area contributed by atoms with Crippen LogP contribution in [0.15, 0.2) is 29.4 Å².